The third-order valence-electron chi connectivity index (χ3n) is 5.17. The lowest BCUT2D eigenvalue weighted by molar-refractivity contribution is -0.144. The molecular formula is C23H36O5. The second-order valence-corrected chi connectivity index (χ2v) is 7.48. The highest BCUT2D eigenvalue weighted by atomic mass is 16.5. The Bertz CT molecular complexity index is 549. The molecule has 1 aliphatic carbocycles. The standard InChI is InChI=1S/C23H36O5/c1-4-5-8-11-20(28-18(2)24)16-14-19-15-17-22(25)21(19)12-9-6-7-10-13-23(26)27-3/h6,9,14,16,19-21H,4-5,7-8,10-13,15,17H2,1-3H3/t19-,20?,21+/m1/s1. The van der Waals surface area contributed by atoms with Gasteiger partial charge in [-0.05, 0) is 50.5 Å². The number of allylic oxidation sites excluding steroid dienone is 3. The summed E-state index contributed by atoms with van der Waals surface area (Å²) in [5.74, 6) is 0.0630. The summed E-state index contributed by atoms with van der Waals surface area (Å²) in [6.07, 6.45) is 16.2. The van der Waals surface area contributed by atoms with Gasteiger partial charge in [0.2, 0.25) is 0 Å². The van der Waals surface area contributed by atoms with Crippen molar-refractivity contribution in [3.8, 4) is 0 Å². The van der Waals surface area contributed by atoms with Gasteiger partial charge in [-0.25, -0.2) is 0 Å². The molecule has 0 aliphatic heterocycles. The predicted octanol–water partition coefficient (Wildman–Crippen LogP) is 4.94. The van der Waals surface area contributed by atoms with Crippen molar-refractivity contribution in [1.29, 1.82) is 0 Å². The van der Waals surface area contributed by atoms with E-state index in [1.807, 2.05) is 12.2 Å². The number of unbranched alkanes of at least 4 members (excludes halogenated alkanes) is 3. The van der Waals surface area contributed by atoms with Crippen LogP contribution in [0.15, 0.2) is 24.3 Å². The van der Waals surface area contributed by atoms with Crippen LogP contribution in [0.2, 0.25) is 0 Å². The first-order valence-electron chi connectivity index (χ1n) is 10.6. The molecule has 0 radical (unpaired) electrons. The quantitative estimate of drug-likeness (QED) is 0.252. The maximum atomic E-state index is 12.3. The number of ether oxygens (including phenoxy) is 2. The van der Waals surface area contributed by atoms with Crippen LogP contribution < -0.4 is 0 Å². The fourth-order valence-corrected chi connectivity index (χ4v) is 3.57. The zero-order valence-electron chi connectivity index (χ0n) is 17.7. The van der Waals surface area contributed by atoms with Crippen molar-refractivity contribution < 1.29 is 23.9 Å². The highest BCUT2D eigenvalue weighted by Crippen LogP contribution is 2.33. The molecule has 0 saturated heterocycles. The van der Waals surface area contributed by atoms with Crippen LogP contribution in [0.5, 0.6) is 0 Å². The van der Waals surface area contributed by atoms with E-state index in [0.717, 1.165) is 51.4 Å². The molecule has 1 unspecified atom stereocenters. The van der Waals surface area contributed by atoms with Gasteiger partial charge >= 0.3 is 11.9 Å². The molecule has 1 rings (SSSR count). The lowest BCUT2D eigenvalue weighted by atomic mass is 9.91. The lowest BCUT2D eigenvalue weighted by Gasteiger charge is -2.16. The number of methoxy groups -OCH3 is 1. The van der Waals surface area contributed by atoms with Gasteiger partial charge in [-0.2, -0.15) is 0 Å². The summed E-state index contributed by atoms with van der Waals surface area (Å²) in [6, 6.07) is 0. The van der Waals surface area contributed by atoms with Crippen molar-refractivity contribution in [1.82, 2.24) is 0 Å². The number of hydrogen-bond donors (Lipinski definition) is 0. The second-order valence-electron chi connectivity index (χ2n) is 7.48. The Morgan fingerprint density at radius 2 is 2.00 bits per heavy atom. The molecule has 1 saturated carbocycles. The summed E-state index contributed by atoms with van der Waals surface area (Å²) in [7, 11) is 1.40. The highest BCUT2D eigenvalue weighted by molar-refractivity contribution is 5.83. The van der Waals surface area contributed by atoms with E-state index in [1.165, 1.54) is 14.0 Å². The Labute approximate surface area is 169 Å². The third kappa shape index (κ3) is 9.86. The maximum absolute atomic E-state index is 12.3. The number of carbonyl (C=O) groups excluding carboxylic acids is 3. The summed E-state index contributed by atoms with van der Waals surface area (Å²) < 4.78 is 10.0. The van der Waals surface area contributed by atoms with Crippen LogP contribution in [0, 0.1) is 11.8 Å². The Hall–Kier alpha value is -1.91. The van der Waals surface area contributed by atoms with E-state index in [-0.39, 0.29) is 29.9 Å². The van der Waals surface area contributed by atoms with E-state index in [9.17, 15) is 14.4 Å². The SMILES string of the molecule is CCCCCC(C=C[C@@H]1CCC(=O)[C@H]1CC=CCCCC(=O)OC)OC(C)=O. The van der Waals surface area contributed by atoms with Gasteiger partial charge < -0.3 is 9.47 Å². The minimum Gasteiger partial charge on any atom is -0.469 e. The Morgan fingerprint density at radius 1 is 1.21 bits per heavy atom. The third-order valence-corrected chi connectivity index (χ3v) is 5.17. The zero-order chi connectivity index (χ0) is 20.8. The van der Waals surface area contributed by atoms with Gasteiger partial charge in [-0.1, -0.05) is 38.0 Å². The van der Waals surface area contributed by atoms with Crippen molar-refractivity contribution in [2.45, 2.75) is 84.2 Å². The number of esters is 2. The Balaban J connectivity index is 2.52. The van der Waals surface area contributed by atoms with Gasteiger partial charge in [0.15, 0.2) is 0 Å². The van der Waals surface area contributed by atoms with Crippen LogP contribution in [0.1, 0.15) is 78.1 Å². The molecule has 0 aromatic rings. The molecule has 5 nitrogen and oxygen atoms in total. The van der Waals surface area contributed by atoms with Crippen molar-refractivity contribution in [3.05, 3.63) is 24.3 Å². The largest absolute Gasteiger partial charge is 0.469 e. The van der Waals surface area contributed by atoms with Crippen molar-refractivity contribution in [2.75, 3.05) is 7.11 Å². The highest BCUT2D eigenvalue weighted by Gasteiger charge is 2.32. The molecule has 1 fully saturated rings. The molecular weight excluding hydrogens is 356 g/mol. The first kappa shape index (κ1) is 24.1. The van der Waals surface area contributed by atoms with E-state index in [0.29, 0.717) is 18.6 Å². The molecule has 1 aliphatic rings. The predicted molar refractivity (Wildman–Crippen MR) is 110 cm³/mol. The van der Waals surface area contributed by atoms with Crippen LogP contribution in [-0.4, -0.2) is 30.9 Å². The smallest absolute Gasteiger partial charge is 0.305 e. The van der Waals surface area contributed by atoms with E-state index in [1.54, 1.807) is 0 Å². The number of hydrogen-bond acceptors (Lipinski definition) is 5. The minimum absolute atomic E-state index is 0.00160. The summed E-state index contributed by atoms with van der Waals surface area (Å²) in [4.78, 5) is 34.7. The molecule has 3 atom stereocenters. The molecule has 0 bridgehead atoms. The molecule has 0 heterocycles. The van der Waals surface area contributed by atoms with E-state index in [4.69, 9.17) is 4.74 Å². The molecule has 0 amide bonds. The number of ketones is 1. The molecule has 0 N–H and O–H groups in total. The van der Waals surface area contributed by atoms with Crippen molar-refractivity contribution in [2.24, 2.45) is 11.8 Å². The average Bonchev–Trinajstić information content (AvgIpc) is 3.01. The monoisotopic (exact) mass is 392 g/mol. The normalized spacial score (nSPS) is 20.8. The van der Waals surface area contributed by atoms with Gasteiger partial charge in [0.25, 0.3) is 0 Å². The Kier molecular flexibility index (Phi) is 12.2. The molecule has 158 valence electrons. The van der Waals surface area contributed by atoms with Crippen LogP contribution in [0.3, 0.4) is 0 Å². The minimum atomic E-state index is -0.264. The summed E-state index contributed by atoms with van der Waals surface area (Å²) >= 11 is 0. The average molecular weight is 393 g/mol. The van der Waals surface area contributed by atoms with Crippen LogP contribution in [0.4, 0.5) is 0 Å². The van der Waals surface area contributed by atoms with E-state index >= 15 is 0 Å². The van der Waals surface area contributed by atoms with Crippen LogP contribution in [0.25, 0.3) is 0 Å². The Morgan fingerprint density at radius 3 is 2.68 bits per heavy atom. The van der Waals surface area contributed by atoms with E-state index < -0.39 is 0 Å². The maximum Gasteiger partial charge on any atom is 0.305 e. The summed E-state index contributed by atoms with van der Waals surface area (Å²) in [6.45, 7) is 3.59. The molecule has 0 aromatic heterocycles. The number of Topliss-reactive ketones (excluding diaryl/α,β-unsaturated/α-hetero) is 1. The first-order chi connectivity index (χ1) is 13.5. The van der Waals surface area contributed by atoms with Crippen molar-refractivity contribution in [3.63, 3.8) is 0 Å². The lowest BCUT2D eigenvalue weighted by Crippen LogP contribution is -2.16. The van der Waals surface area contributed by atoms with Gasteiger partial charge in [0.05, 0.1) is 7.11 Å². The molecule has 0 spiro atoms. The summed E-state index contributed by atoms with van der Waals surface area (Å²) in [5.41, 5.74) is 0. The molecule has 0 aromatic carbocycles. The fraction of sp³-hybridized carbons (Fsp3) is 0.696. The first-order valence-corrected chi connectivity index (χ1v) is 10.6. The van der Waals surface area contributed by atoms with E-state index in [2.05, 4.69) is 23.8 Å². The fourth-order valence-electron chi connectivity index (χ4n) is 3.57. The van der Waals surface area contributed by atoms with Crippen LogP contribution >= 0.6 is 0 Å². The molecule has 28 heavy (non-hydrogen) atoms. The van der Waals surface area contributed by atoms with Gasteiger partial charge in [-0.15, -0.1) is 0 Å². The second kappa shape index (κ2) is 14.1. The topological polar surface area (TPSA) is 69.7 Å². The summed E-state index contributed by atoms with van der Waals surface area (Å²) in [5, 5.41) is 0. The molecule has 5 heteroatoms. The number of rotatable bonds is 13. The van der Waals surface area contributed by atoms with Gasteiger partial charge in [0.1, 0.15) is 11.9 Å². The van der Waals surface area contributed by atoms with Crippen LogP contribution in [-0.2, 0) is 23.9 Å². The van der Waals surface area contributed by atoms with Gasteiger partial charge in [-0.3, -0.25) is 14.4 Å². The zero-order valence-corrected chi connectivity index (χ0v) is 17.7. The number of carbonyl (C=O) groups is 3. The van der Waals surface area contributed by atoms with Crippen molar-refractivity contribution >= 4 is 17.7 Å². The van der Waals surface area contributed by atoms with Gasteiger partial charge in [0, 0.05) is 25.7 Å².